The number of hydrogen-bond acceptors (Lipinski definition) is 5. The molecule has 1 saturated heterocycles. The highest BCUT2D eigenvalue weighted by Crippen LogP contribution is 2.41. The van der Waals surface area contributed by atoms with Gasteiger partial charge in [-0.2, -0.15) is 5.06 Å². The van der Waals surface area contributed by atoms with Crippen molar-refractivity contribution < 1.29 is 18.1 Å². The van der Waals surface area contributed by atoms with Crippen molar-refractivity contribution in [3.8, 4) is 0 Å². The second-order valence-corrected chi connectivity index (χ2v) is 14.6. The number of hydroxylamine groups is 2. The standard InChI is InChI=1S/C28H51NO4Si/c1-23(2)26(33-29-27(3,4)20-14-21-28(29,5)6)25-18-16-24(17-19-25)15-12-10-11-13-22-34(30-7,31-8)32-9/h16-19,23,26H,10-15,20-22H2,1-9H3. The minimum absolute atomic E-state index is 0.0484. The zero-order valence-corrected chi connectivity index (χ0v) is 24.4. The number of hydrogen-bond donors (Lipinski definition) is 0. The third-order valence-corrected chi connectivity index (χ3v) is 10.3. The Morgan fingerprint density at radius 3 is 1.85 bits per heavy atom. The molecule has 6 heteroatoms. The van der Waals surface area contributed by atoms with Gasteiger partial charge in [-0.25, -0.2) is 0 Å². The summed E-state index contributed by atoms with van der Waals surface area (Å²) in [6, 6.07) is 10.0. The maximum absolute atomic E-state index is 6.80. The molecule has 0 radical (unpaired) electrons. The van der Waals surface area contributed by atoms with Crippen LogP contribution in [0.1, 0.15) is 104 Å². The number of nitrogens with zero attached hydrogens (tertiary/aromatic N) is 1. The fourth-order valence-electron chi connectivity index (χ4n) is 5.40. The van der Waals surface area contributed by atoms with Crippen LogP contribution < -0.4 is 0 Å². The van der Waals surface area contributed by atoms with E-state index in [1.54, 1.807) is 21.3 Å². The van der Waals surface area contributed by atoms with Gasteiger partial charge in [0, 0.05) is 38.5 Å². The molecule has 1 unspecified atom stereocenters. The molecule has 1 aliphatic heterocycles. The van der Waals surface area contributed by atoms with Gasteiger partial charge in [0.15, 0.2) is 0 Å². The first-order chi connectivity index (χ1) is 16.0. The SMILES string of the molecule is CO[Si](CCCCCCc1ccc(C(ON2C(C)(C)CCCC2(C)C)C(C)C)cc1)(OC)OC. The maximum atomic E-state index is 6.80. The normalized spacial score (nSPS) is 19.5. The van der Waals surface area contributed by atoms with Crippen LogP contribution in [0.15, 0.2) is 24.3 Å². The number of unbranched alkanes of at least 4 members (excludes halogenated alkanes) is 3. The smallest absolute Gasteiger partial charge is 0.377 e. The van der Waals surface area contributed by atoms with Gasteiger partial charge in [0.2, 0.25) is 0 Å². The van der Waals surface area contributed by atoms with E-state index in [0.29, 0.717) is 5.92 Å². The molecule has 1 fully saturated rings. The molecule has 196 valence electrons. The molecule has 1 heterocycles. The van der Waals surface area contributed by atoms with Crippen molar-refractivity contribution in [3.63, 3.8) is 0 Å². The largest absolute Gasteiger partial charge is 0.500 e. The zero-order valence-electron chi connectivity index (χ0n) is 23.4. The molecule has 0 amide bonds. The number of benzene rings is 1. The van der Waals surface area contributed by atoms with E-state index in [1.807, 2.05) is 0 Å². The molecule has 2 rings (SSSR count). The van der Waals surface area contributed by atoms with Crippen LogP contribution in [0.25, 0.3) is 0 Å². The summed E-state index contributed by atoms with van der Waals surface area (Å²) in [4.78, 5) is 6.80. The Kier molecular flexibility index (Phi) is 11.2. The lowest BCUT2D eigenvalue weighted by Crippen LogP contribution is -2.58. The lowest BCUT2D eigenvalue weighted by atomic mass is 9.82. The highest BCUT2D eigenvalue weighted by atomic mass is 28.4. The summed E-state index contributed by atoms with van der Waals surface area (Å²) in [6.07, 6.45) is 9.44. The highest BCUT2D eigenvalue weighted by Gasteiger charge is 2.44. The van der Waals surface area contributed by atoms with E-state index in [2.05, 4.69) is 70.9 Å². The predicted octanol–water partition coefficient (Wildman–Crippen LogP) is 7.34. The summed E-state index contributed by atoms with van der Waals surface area (Å²) in [6.45, 7) is 13.8. The Balaban J connectivity index is 1.89. The Morgan fingerprint density at radius 2 is 1.35 bits per heavy atom. The van der Waals surface area contributed by atoms with Crippen LogP contribution in [0.5, 0.6) is 0 Å². The van der Waals surface area contributed by atoms with Gasteiger partial charge in [0.05, 0.1) is 0 Å². The predicted molar refractivity (Wildman–Crippen MR) is 143 cm³/mol. The molecule has 0 N–H and O–H groups in total. The van der Waals surface area contributed by atoms with Crippen LogP contribution in [0, 0.1) is 5.92 Å². The van der Waals surface area contributed by atoms with Gasteiger partial charge in [-0.3, -0.25) is 4.84 Å². The minimum Gasteiger partial charge on any atom is -0.377 e. The first-order valence-corrected chi connectivity index (χ1v) is 15.1. The van der Waals surface area contributed by atoms with Crippen LogP contribution in [0.4, 0.5) is 0 Å². The molecule has 0 spiro atoms. The van der Waals surface area contributed by atoms with Crippen LogP contribution in [-0.2, 0) is 24.5 Å². The Bertz CT molecular complexity index is 691. The highest BCUT2D eigenvalue weighted by molar-refractivity contribution is 6.60. The lowest BCUT2D eigenvalue weighted by Gasteiger charge is -2.52. The summed E-state index contributed by atoms with van der Waals surface area (Å²) in [5.41, 5.74) is 2.77. The van der Waals surface area contributed by atoms with Gasteiger partial charge in [0.25, 0.3) is 0 Å². The summed E-state index contributed by atoms with van der Waals surface area (Å²) in [7, 11) is 2.64. The number of rotatable bonds is 14. The van der Waals surface area contributed by atoms with Gasteiger partial charge in [-0.15, -0.1) is 0 Å². The fraction of sp³-hybridized carbons (Fsp3) is 0.786. The Hall–Kier alpha value is -0.763. The van der Waals surface area contributed by atoms with Gasteiger partial charge in [-0.05, 0) is 83.3 Å². The third kappa shape index (κ3) is 7.87. The topological polar surface area (TPSA) is 40.2 Å². The minimum atomic E-state index is -2.42. The average molecular weight is 494 g/mol. The molecule has 5 nitrogen and oxygen atoms in total. The van der Waals surface area contributed by atoms with Gasteiger partial charge >= 0.3 is 8.80 Å². The van der Waals surface area contributed by atoms with E-state index < -0.39 is 8.80 Å². The summed E-state index contributed by atoms with van der Waals surface area (Å²) >= 11 is 0. The van der Waals surface area contributed by atoms with Crippen molar-refractivity contribution >= 4 is 8.80 Å². The molecule has 0 aliphatic carbocycles. The van der Waals surface area contributed by atoms with Crippen molar-refractivity contribution in [1.82, 2.24) is 5.06 Å². The molecule has 0 bridgehead atoms. The van der Waals surface area contributed by atoms with Crippen LogP contribution >= 0.6 is 0 Å². The maximum Gasteiger partial charge on any atom is 0.500 e. The summed E-state index contributed by atoms with van der Waals surface area (Å²) < 4.78 is 16.5. The first kappa shape index (κ1) is 29.5. The molecule has 1 atom stereocenters. The monoisotopic (exact) mass is 493 g/mol. The van der Waals surface area contributed by atoms with Gasteiger partial charge in [-0.1, -0.05) is 51.0 Å². The van der Waals surface area contributed by atoms with Gasteiger partial charge < -0.3 is 13.3 Å². The van der Waals surface area contributed by atoms with Crippen LogP contribution in [-0.4, -0.2) is 46.3 Å². The molecule has 1 aromatic rings. The summed E-state index contributed by atoms with van der Waals surface area (Å²) in [5.74, 6) is 0.404. The van der Waals surface area contributed by atoms with E-state index in [0.717, 1.165) is 18.9 Å². The van der Waals surface area contributed by atoms with Crippen molar-refractivity contribution in [3.05, 3.63) is 35.4 Å². The molecule has 0 saturated carbocycles. The molecule has 34 heavy (non-hydrogen) atoms. The van der Waals surface area contributed by atoms with E-state index in [9.17, 15) is 0 Å². The first-order valence-electron chi connectivity index (χ1n) is 13.2. The van der Waals surface area contributed by atoms with Crippen LogP contribution in [0.3, 0.4) is 0 Å². The van der Waals surface area contributed by atoms with Crippen molar-refractivity contribution in [2.24, 2.45) is 5.92 Å². The molecular formula is C28H51NO4Si. The van der Waals surface area contributed by atoms with Crippen LogP contribution in [0.2, 0.25) is 6.04 Å². The van der Waals surface area contributed by atoms with E-state index in [1.165, 1.54) is 49.7 Å². The summed E-state index contributed by atoms with van der Waals surface area (Å²) in [5, 5.41) is 2.30. The van der Waals surface area contributed by atoms with Gasteiger partial charge in [0.1, 0.15) is 6.10 Å². The van der Waals surface area contributed by atoms with E-state index >= 15 is 0 Å². The average Bonchev–Trinajstić information content (AvgIpc) is 2.78. The molecule has 1 aromatic carbocycles. The number of piperidine rings is 1. The van der Waals surface area contributed by atoms with Crippen molar-refractivity contribution in [2.75, 3.05) is 21.3 Å². The second kappa shape index (κ2) is 13.0. The second-order valence-electron chi connectivity index (χ2n) is 11.5. The Morgan fingerprint density at radius 1 is 0.824 bits per heavy atom. The van der Waals surface area contributed by atoms with E-state index in [-0.39, 0.29) is 17.2 Å². The Labute approximate surface area is 210 Å². The number of aryl methyl sites for hydroxylation is 1. The third-order valence-electron chi connectivity index (χ3n) is 7.44. The quantitative estimate of drug-likeness (QED) is 0.200. The van der Waals surface area contributed by atoms with Crippen molar-refractivity contribution in [2.45, 2.75) is 116 Å². The fourth-order valence-corrected chi connectivity index (χ4v) is 7.19. The van der Waals surface area contributed by atoms with Crippen molar-refractivity contribution in [1.29, 1.82) is 0 Å². The molecule has 0 aromatic heterocycles. The molecule has 1 aliphatic rings. The zero-order chi connectivity index (χ0) is 25.4. The molecular weight excluding hydrogens is 442 g/mol. The van der Waals surface area contributed by atoms with E-state index in [4.69, 9.17) is 18.1 Å². The lowest BCUT2D eigenvalue weighted by molar-refractivity contribution is -0.313.